The van der Waals surface area contributed by atoms with Gasteiger partial charge in [0.2, 0.25) is 5.91 Å². The third kappa shape index (κ3) is 4.94. The highest BCUT2D eigenvalue weighted by atomic mass is 127. The summed E-state index contributed by atoms with van der Waals surface area (Å²) >= 11 is 8.03. The number of nitrogens with one attached hydrogen (secondary N) is 2. The van der Waals surface area contributed by atoms with Crippen molar-refractivity contribution in [3.8, 4) is 0 Å². The smallest absolute Gasteiger partial charge is 0.256 e. The van der Waals surface area contributed by atoms with Crippen LogP contribution >= 0.6 is 34.2 Å². The Morgan fingerprint density at radius 1 is 1.00 bits per heavy atom. The fourth-order valence-corrected chi connectivity index (χ4v) is 2.55. The van der Waals surface area contributed by atoms with Crippen LogP contribution in [0.4, 0.5) is 11.4 Å². The van der Waals surface area contributed by atoms with Gasteiger partial charge in [-0.1, -0.05) is 25.4 Å². The Morgan fingerprint density at radius 3 is 2.13 bits per heavy atom. The van der Waals surface area contributed by atoms with Gasteiger partial charge in [0.25, 0.3) is 5.91 Å². The molecular formula is C17H16ClIN2O2. The minimum atomic E-state index is -0.226. The van der Waals surface area contributed by atoms with Crippen LogP contribution in [0.2, 0.25) is 5.02 Å². The molecule has 0 unspecified atom stereocenters. The molecule has 0 saturated heterocycles. The van der Waals surface area contributed by atoms with Gasteiger partial charge in [0.05, 0.1) is 5.56 Å². The molecule has 4 nitrogen and oxygen atoms in total. The van der Waals surface area contributed by atoms with Gasteiger partial charge in [0.1, 0.15) is 0 Å². The Labute approximate surface area is 153 Å². The highest BCUT2D eigenvalue weighted by Gasteiger charge is 2.11. The molecule has 0 bridgehead atoms. The molecule has 0 heterocycles. The second kappa shape index (κ2) is 7.79. The van der Waals surface area contributed by atoms with E-state index in [2.05, 4.69) is 33.2 Å². The van der Waals surface area contributed by atoms with Crippen molar-refractivity contribution in [1.82, 2.24) is 0 Å². The first-order chi connectivity index (χ1) is 10.9. The normalized spacial score (nSPS) is 10.5. The van der Waals surface area contributed by atoms with Crippen molar-refractivity contribution in [2.75, 3.05) is 10.6 Å². The van der Waals surface area contributed by atoms with E-state index in [0.717, 1.165) is 3.57 Å². The van der Waals surface area contributed by atoms with Gasteiger partial charge in [0, 0.05) is 25.9 Å². The quantitative estimate of drug-likeness (QED) is 0.669. The largest absolute Gasteiger partial charge is 0.326 e. The van der Waals surface area contributed by atoms with Gasteiger partial charge in [-0.15, -0.1) is 0 Å². The van der Waals surface area contributed by atoms with Crippen molar-refractivity contribution in [3.05, 3.63) is 56.6 Å². The number of hydrogen-bond acceptors (Lipinski definition) is 2. The number of halogens is 2. The minimum absolute atomic E-state index is 0.0460. The zero-order valence-electron chi connectivity index (χ0n) is 12.7. The van der Waals surface area contributed by atoms with E-state index < -0.39 is 0 Å². The Bertz CT molecular complexity index is 730. The first-order valence-electron chi connectivity index (χ1n) is 7.04. The van der Waals surface area contributed by atoms with Gasteiger partial charge in [-0.3, -0.25) is 9.59 Å². The third-order valence-corrected chi connectivity index (χ3v) is 4.28. The molecule has 0 aromatic heterocycles. The van der Waals surface area contributed by atoms with E-state index in [1.807, 2.05) is 13.8 Å². The lowest BCUT2D eigenvalue weighted by molar-refractivity contribution is -0.118. The monoisotopic (exact) mass is 442 g/mol. The number of hydrogen-bond donors (Lipinski definition) is 2. The summed E-state index contributed by atoms with van der Waals surface area (Å²) in [6.07, 6.45) is 0. The first kappa shape index (κ1) is 17.7. The maximum Gasteiger partial charge on any atom is 0.256 e. The minimum Gasteiger partial charge on any atom is -0.326 e. The summed E-state index contributed by atoms with van der Waals surface area (Å²) in [6, 6.07) is 12.2. The summed E-state index contributed by atoms with van der Waals surface area (Å²) in [5.41, 5.74) is 1.86. The SMILES string of the molecule is CC(C)C(=O)Nc1ccc(NC(=O)c2cc(Cl)ccc2I)cc1. The second-order valence-electron chi connectivity index (χ2n) is 5.30. The Balaban J connectivity index is 2.07. The average Bonchev–Trinajstić information content (AvgIpc) is 2.51. The predicted molar refractivity (Wildman–Crippen MR) is 102 cm³/mol. The lowest BCUT2D eigenvalue weighted by atomic mass is 10.2. The van der Waals surface area contributed by atoms with Crippen LogP contribution in [-0.4, -0.2) is 11.8 Å². The van der Waals surface area contributed by atoms with Crippen molar-refractivity contribution < 1.29 is 9.59 Å². The van der Waals surface area contributed by atoms with Gasteiger partial charge in [-0.2, -0.15) is 0 Å². The number of amides is 2. The first-order valence-corrected chi connectivity index (χ1v) is 8.50. The fourth-order valence-electron chi connectivity index (χ4n) is 1.79. The van der Waals surface area contributed by atoms with E-state index in [-0.39, 0.29) is 17.7 Å². The summed E-state index contributed by atoms with van der Waals surface area (Å²) in [5, 5.41) is 6.13. The van der Waals surface area contributed by atoms with Crippen LogP contribution in [0.5, 0.6) is 0 Å². The zero-order chi connectivity index (χ0) is 17.0. The Hall–Kier alpha value is -1.60. The van der Waals surface area contributed by atoms with Crippen molar-refractivity contribution in [1.29, 1.82) is 0 Å². The number of carbonyl (C=O) groups excluding carboxylic acids is 2. The molecule has 0 spiro atoms. The molecule has 0 radical (unpaired) electrons. The standard InChI is InChI=1S/C17H16ClIN2O2/c1-10(2)16(22)20-12-4-6-13(7-5-12)21-17(23)14-9-11(18)3-8-15(14)19/h3-10H,1-2H3,(H,20,22)(H,21,23). The van der Waals surface area contributed by atoms with Crippen LogP contribution in [0.25, 0.3) is 0 Å². The fraction of sp³-hybridized carbons (Fsp3) is 0.176. The summed E-state index contributed by atoms with van der Waals surface area (Å²) in [5.74, 6) is -0.356. The molecule has 2 rings (SSSR count). The molecule has 2 aromatic carbocycles. The topological polar surface area (TPSA) is 58.2 Å². The number of rotatable bonds is 4. The average molecular weight is 443 g/mol. The molecule has 0 fully saturated rings. The van der Waals surface area contributed by atoms with Crippen LogP contribution < -0.4 is 10.6 Å². The molecule has 2 aromatic rings. The van der Waals surface area contributed by atoms with Crippen LogP contribution in [0.15, 0.2) is 42.5 Å². The summed E-state index contributed by atoms with van der Waals surface area (Å²) in [7, 11) is 0. The summed E-state index contributed by atoms with van der Waals surface area (Å²) in [4.78, 5) is 23.9. The summed E-state index contributed by atoms with van der Waals surface area (Å²) in [6.45, 7) is 3.66. The van der Waals surface area contributed by atoms with Crippen LogP contribution in [0.3, 0.4) is 0 Å². The molecule has 0 aliphatic rings. The molecule has 6 heteroatoms. The van der Waals surface area contributed by atoms with E-state index >= 15 is 0 Å². The van der Waals surface area contributed by atoms with Gasteiger partial charge < -0.3 is 10.6 Å². The van der Waals surface area contributed by atoms with Crippen LogP contribution in [0, 0.1) is 9.49 Å². The highest BCUT2D eigenvalue weighted by molar-refractivity contribution is 14.1. The van der Waals surface area contributed by atoms with E-state index in [9.17, 15) is 9.59 Å². The number of carbonyl (C=O) groups is 2. The van der Waals surface area contributed by atoms with Crippen LogP contribution in [-0.2, 0) is 4.79 Å². The molecule has 0 aliphatic heterocycles. The lowest BCUT2D eigenvalue weighted by Gasteiger charge is -2.10. The highest BCUT2D eigenvalue weighted by Crippen LogP contribution is 2.20. The van der Waals surface area contributed by atoms with E-state index in [1.54, 1.807) is 42.5 Å². The van der Waals surface area contributed by atoms with Gasteiger partial charge in [-0.25, -0.2) is 0 Å². The molecule has 0 saturated carbocycles. The van der Waals surface area contributed by atoms with Crippen molar-refractivity contribution in [3.63, 3.8) is 0 Å². The van der Waals surface area contributed by atoms with E-state index in [0.29, 0.717) is 22.0 Å². The van der Waals surface area contributed by atoms with Crippen LogP contribution in [0.1, 0.15) is 24.2 Å². The van der Waals surface area contributed by atoms with E-state index in [4.69, 9.17) is 11.6 Å². The van der Waals surface area contributed by atoms with Crippen molar-refractivity contribution >= 4 is 57.4 Å². The predicted octanol–water partition coefficient (Wildman–Crippen LogP) is 4.79. The molecular weight excluding hydrogens is 427 g/mol. The Morgan fingerprint density at radius 2 is 1.57 bits per heavy atom. The number of anilines is 2. The number of benzene rings is 2. The molecule has 2 N–H and O–H groups in total. The van der Waals surface area contributed by atoms with E-state index in [1.165, 1.54) is 0 Å². The molecule has 0 aliphatic carbocycles. The molecule has 120 valence electrons. The third-order valence-electron chi connectivity index (χ3n) is 3.11. The van der Waals surface area contributed by atoms with Crippen molar-refractivity contribution in [2.24, 2.45) is 5.92 Å². The van der Waals surface area contributed by atoms with Gasteiger partial charge >= 0.3 is 0 Å². The molecule has 2 amide bonds. The second-order valence-corrected chi connectivity index (χ2v) is 6.90. The molecule has 0 atom stereocenters. The molecule has 23 heavy (non-hydrogen) atoms. The lowest BCUT2D eigenvalue weighted by Crippen LogP contribution is -2.17. The maximum atomic E-state index is 12.3. The summed E-state index contributed by atoms with van der Waals surface area (Å²) < 4.78 is 0.824. The van der Waals surface area contributed by atoms with Gasteiger partial charge in [-0.05, 0) is 65.1 Å². The zero-order valence-corrected chi connectivity index (χ0v) is 15.6. The van der Waals surface area contributed by atoms with Crippen molar-refractivity contribution in [2.45, 2.75) is 13.8 Å². The Kier molecular flexibility index (Phi) is 6.01. The van der Waals surface area contributed by atoms with Gasteiger partial charge in [0.15, 0.2) is 0 Å². The maximum absolute atomic E-state index is 12.3.